The van der Waals surface area contributed by atoms with E-state index in [1.165, 1.54) is 12.1 Å². The molecule has 1 aromatic carbocycles. The lowest BCUT2D eigenvalue weighted by Gasteiger charge is -2.05. The average Bonchev–Trinajstić information content (AvgIpc) is 2.15. The van der Waals surface area contributed by atoms with E-state index < -0.39 is 22.8 Å². The number of aromatic amines is 1. The first-order valence-corrected chi connectivity index (χ1v) is 4.67. The van der Waals surface area contributed by atoms with Gasteiger partial charge in [0.25, 0.3) is 5.56 Å². The number of fused-ring (bicyclic) bond motifs is 1. The van der Waals surface area contributed by atoms with Crippen molar-refractivity contribution in [2.75, 3.05) is 0 Å². The third-order valence-electron chi connectivity index (χ3n) is 2.18. The predicted molar refractivity (Wildman–Crippen MR) is 58.2 cm³/mol. The first-order valence-electron chi connectivity index (χ1n) is 4.29. The molecule has 1 heterocycles. The van der Waals surface area contributed by atoms with Gasteiger partial charge in [-0.05, 0) is 12.1 Å². The first-order chi connectivity index (χ1) is 7.52. The van der Waals surface area contributed by atoms with Crippen LogP contribution in [0.15, 0.2) is 23.0 Å². The van der Waals surface area contributed by atoms with Crippen molar-refractivity contribution in [3.8, 4) is 5.75 Å². The van der Waals surface area contributed by atoms with Crippen LogP contribution >= 0.6 is 11.6 Å². The van der Waals surface area contributed by atoms with Crippen molar-refractivity contribution < 1.29 is 15.0 Å². The summed E-state index contributed by atoms with van der Waals surface area (Å²) >= 11 is 5.82. The van der Waals surface area contributed by atoms with Gasteiger partial charge in [-0.3, -0.25) is 4.79 Å². The number of carboxylic acid groups (broad SMARTS) is 1. The molecule has 0 fully saturated rings. The summed E-state index contributed by atoms with van der Waals surface area (Å²) in [7, 11) is 0. The molecule has 0 aliphatic heterocycles. The van der Waals surface area contributed by atoms with Crippen LogP contribution in [0.3, 0.4) is 0 Å². The molecule has 2 rings (SSSR count). The van der Waals surface area contributed by atoms with E-state index in [9.17, 15) is 14.7 Å². The Labute approximate surface area is 93.9 Å². The molecule has 1 aromatic heterocycles. The van der Waals surface area contributed by atoms with Gasteiger partial charge in [0, 0.05) is 0 Å². The number of halogens is 1. The fourth-order valence-electron chi connectivity index (χ4n) is 1.48. The summed E-state index contributed by atoms with van der Waals surface area (Å²) in [6.45, 7) is 0. The van der Waals surface area contributed by atoms with Gasteiger partial charge in [0.15, 0.2) is 5.56 Å². The van der Waals surface area contributed by atoms with E-state index in [-0.39, 0.29) is 10.4 Å². The number of benzene rings is 1. The quantitative estimate of drug-likeness (QED) is 0.705. The second kappa shape index (κ2) is 3.53. The summed E-state index contributed by atoms with van der Waals surface area (Å²) in [5, 5.41) is 18.8. The lowest BCUT2D eigenvalue weighted by Crippen LogP contribution is -2.17. The molecule has 0 spiro atoms. The molecule has 5 nitrogen and oxygen atoms in total. The molecule has 0 bridgehead atoms. The summed E-state index contributed by atoms with van der Waals surface area (Å²) in [4.78, 5) is 24.5. The minimum atomic E-state index is -1.50. The van der Waals surface area contributed by atoms with E-state index in [0.29, 0.717) is 5.52 Å². The van der Waals surface area contributed by atoms with E-state index >= 15 is 0 Å². The largest absolute Gasteiger partial charge is 0.506 e. The minimum Gasteiger partial charge on any atom is -0.506 e. The molecule has 2 aromatic rings. The number of carbonyl (C=O) groups is 1. The van der Waals surface area contributed by atoms with Gasteiger partial charge in [-0.25, -0.2) is 4.79 Å². The number of rotatable bonds is 1. The number of hydrogen-bond acceptors (Lipinski definition) is 3. The topological polar surface area (TPSA) is 90.4 Å². The summed E-state index contributed by atoms with van der Waals surface area (Å²) in [5.41, 5.74) is -1.28. The highest BCUT2D eigenvalue weighted by atomic mass is 35.5. The Hall–Kier alpha value is -2.01. The smallest absolute Gasteiger partial charge is 0.345 e. The van der Waals surface area contributed by atoms with E-state index in [1.54, 1.807) is 6.07 Å². The molecule has 0 saturated carbocycles. The molecule has 16 heavy (non-hydrogen) atoms. The SMILES string of the molecule is O=C(O)c1c(O)c2c(Cl)cccc2[nH]c1=O. The van der Waals surface area contributed by atoms with Crippen LogP contribution in [-0.2, 0) is 0 Å². The van der Waals surface area contributed by atoms with Crippen LogP contribution in [0, 0.1) is 0 Å². The standard InChI is InChI=1S/C10H6ClNO4/c11-4-2-1-3-5-6(4)8(13)7(10(15)16)9(14)12-5/h1-3H,(H,15,16)(H2,12,13,14). The maximum absolute atomic E-state index is 11.4. The molecule has 6 heteroatoms. The van der Waals surface area contributed by atoms with Gasteiger partial charge in [0.2, 0.25) is 0 Å². The van der Waals surface area contributed by atoms with Crippen LogP contribution in [0.4, 0.5) is 0 Å². The van der Waals surface area contributed by atoms with E-state index in [0.717, 1.165) is 0 Å². The summed E-state index contributed by atoms with van der Waals surface area (Å²) in [6.07, 6.45) is 0. The predicted octanol–water partition coefficient (Wildman–Crippen LogP) is 1.59. The maximum atomic E-state index is 11.4. The van der Waals surface area contributed by atoms with Crippen molar-refractivity contribution in [1.29, 1.82) is 0 Å². The zero-order valence-corrected chi connectivity index (χ0v) is 8.58. The van der Waals surface area contributed by atoms with Gasteiger partial charge in [-0.1, -0.05) is 17.7 Å². The Bertz CT molecular complexity index is 647. The summed E-state index contributed by atoms with van der Waals surface area (Å²) < 4.78 is 0. The number of aromatic nitrogens is 1. The van der Waals surface area contributed by atoms with Crippen molar-refractivity contribution >= 4 is 28.5 Å². The second-order valence-electron chi connectivity index (χ2n) is 3.15. The molecule has 0 radical (unpaired) electrons. The molecule has 0 atom stereocenters. The van der Waals surface area contributed by atoms with Crippen molar-refractivity contribution in [2.24, 2.45) is 0 Å². The van der Waals surface area contributed by atoms with Crippen LogP contribution in [-0.4, -0.2) is 21.2 Å². The fraction of sp³-hybridized carbons (Fsp3) is 0. The third-order valence-corrected chi connectivity index (χ3v) is 2.49. The number of aromatic hydroxyl groups is 1. The molecule has 0 aliphatic rings. The van der Waals surface area contributed by atoms with Crippen LogP contribution in [0.5, 0.6) is 5.75 Å². The molecule has 82 valence electrons. The van der Waals surface area contributed by atoms with Gasteiger partial charge < -0.3 is 15.2 Å². The summed E-state index contributed by atoms with van der Waals surface area (Å²) in [6, 6.07) is 4.60. The van der Waals surface area contributed by atoms with E-state index in [4.69, 9.17) is 16.7 Å². The van der Waals surface area contributed by atoms with Gasteiger partial charge in [-0.15, -0.1) is 0 Å². The first kappa shape index (κ1) is 10.5. The Morgan fingerprint density at radius 2 is 2.06 bits per heavy atom. The molecule has 0 aliphatic carbocycles. The molecule has 0 saturated heterocycles. The lowest BCUT2D eigenvalue weighted by atomic mass is 10.1. The van der Waals surface area contributed by atoms with Crippen LogP contribution < -0.4 is 5.56 Å². The van der Waals surface area contributed by atoms with Gasteiger partial charge in [-0.2, -0.15) is 0 Å². The zero-order chi connectivity index (χ0) is 11.9. The normalized spacial score (nSPS) is 10.6. The van der Waals surface area contributed by atoms with Gasteiger partial charge in [0.1, 0.15) is 5.75 Å². The van der Waals surface area contributed by atoms with E-state index in [1.807, 2.05) is 0 Å². The Kier molecular flexibility index (Phi) is 2.32. The highest BCUT2D eigenvalue weighted by Gasteiger charge is 2.19. The number of carboxylic acids is 1. The average molecular weight is 240 g/mol. The van der Waals surface area contributed by atoms with Crippen molar-refractivity contribution in [2.45, 2.75) is 0 Å². The molecule has 0 unspecified atom stereocenters. The highest BCUT2D eigenvalue weighted by Crippen LogP contribution is 2.30. The zero-order valence-electron chi connectivity index (χ0n) is 7.82. The van der Waals surface area contributed by atoms with Crippen molar-refractivity contribution in [1.82, 2.24) is 4.98 Å². The van der Waals surface area contributed by atoms with Gasteiger partial charge in [0.05, 0.1) is 15.9 Å². The number of pyridine rings is 1. The Morgan fingerprint density at radius 1 is 1.38 bits per heavy atom. The number of aromatic carboxylic acids is 1. The number of nitrogens with one attached hydrogen (secondary N) is 1. The van der Waals surface area contributed by atoms with Crippen LogP contribution in [0.1, 0.15) is 10.4 Å². The number of hydrogen-bond donors (Lipinski definition) is 3. The minimum absolute atomic E-state index is 0.126. The van der Waals surface area contributed by atoms with Crippen LogP contribution in [0.25, 0.3) is 10.9 Å². The van der Waals surface area contributed by atoms with Crippen molar-refractivity contribution in [3.05, 3.63) is 39.1 Å². The maximum Gasteiger partial charge on any atom is 0.345 e. The second-order valence-corrected chi connectivity index (χ2v) is 3.55. The van der Waals surface area contributed by atoms with E-state index in [2.05, 4.69) is 4.98 Å². The molecular formula is C10H6ClNO4. The Balaban J connectivity index is 3.03. The molecular weight excluding hydrogens is 234 g/mol. The lowest BCUT2D eigenvalue weighted by molar-refractivity contribution is 0.0692. The third kappa shape index (κ3) is 1.42. The van der Waals surface area contributed by atoms with Gasteiger partial charge >= 0.3 is 5.97 Å². The highest BCUT2D eigenvalue weighted by molar-refractivity contribution is 6.36. The fourth-order valence-corrected chi connectivity index (χ4v) is 1.75. The van der Waals surface area contributed by atoms with Crippen LogP contribution in [0.2, 0.25) is 5.02 Å². The molecule has 3 N–H and O–H groups in total. The monoisotopic (exact) mass is 239 g/mol. The molecule has 0 amide bonds. The summed E-state index contributed by atoms with van der Waals surface area (Å²) in [5.74, 6) is -2.11. The number of H-pyrrole nitrogens is 1. The Morgan fingerprint density at radius 3 is 2.69 bits per heavy atom. The van der Waals surface area contributed by atoms with Crippen molar-refractivity contribution in [3.63, 3.8) is 0 Å².